The third-order valence-corrected chi connectivity index (χ3v) is 7.52. The number of nitrogens with one attached hydrogen (secondary N) is 2. The number of nitro benzene ring substituents is 1. The third kappa shape index (κ3) is 7.46. The van der Waals surface area contributed by atoms with E-state index < -0.39 is 74.6 Å². The Bertz CT molecular complexity index is 1490. The number of nitro groups is 1. The number of halogens is 3. The van der Waals surface area contributed by atoms with Gasteiger partial charge in [-0.25, -0.2) is 13.2 Å². The van der Waals surface area contributed by atoms with Crippen LogP contribution in [0.1, 0.15) is 18.1 Å². The van der Waals surface area contributed by atoms with Crippen molar-refractivity contribution in [3.63, 3.8) is 0 Å². The summed E-state index contributed by atoms with van der Waals surface area (Å²) in [5, 5.41) is 13.2. The first kappa shape index (κ1) is 31.2. The van der Waals surface area contributed by atoms with E-state index in [1.807, 2.05) is 4.72 Å². The minimum absolute atomic E-state index is 0.0401. The largest absolute Gasteiger partial charge is 0.464 e. The molecule has 0 aliphatic carbocycles. The van der Waals surface area contributed by atoms with Crippen molar-refractivity contribution in [1.29, 1.82) is 0 Å². The Morgan fingerprint density at radius 3 is 2.00 bits per heavy atom. The van der Waals surface area contributed by atoms with Gasteiger partial charge in [-0.1, -0.05) is 72.8 Å². The van der Waals surface area contributed by atoms with Gasteiger partial charge in [-0.05, 0) is 30.5 Å². The van der Waals surface area contributed by atoms with Crippen LogP contribution in [0.2, 0.25) is 0 Å². The molecule has 14 heteroatoms. The molecular formula is C27H26F3N3O7S. The summed E-state index contributed by atoms with van der Waals surface area (Å²) in [4.78, 5) is 36.1. The van der Waals surface area contributed by atoms with Crippen LogP contribution in [-0.2, 0) is 37.2 Å². The van der Waals surface area contributed by atoms with Crippen molar-refractivity contribution in [3.8, 4) is 0 Å². The molecule has 10 nitrogen and oxygen atoms in total. The number of amides is 1. The molecule has 2 atom stereocenters. The number of ether oxygens (including phenoxy) is 1. The summed E-state index contributed by atoms with van der Waals surface area (Å²) in [6, 6.07) is 17.2. The van der Waals surface area contributed by atoms with Gasteiger partial charge in [-0.15, -0.1) is 0 Å². The van der Waals surface area contributed by atoms with Gasteiger partial charge >= 0.3 is 12.1 Å². The van der Waals surface area contributed by atoms with Crippen LogP contribution in [0, 0.1) is 10.1 Å². The number of sulfonamides is 1. The molecule has 3 aromatic rings. The maximum absolute atomic E-state index is 14.7. The summed E-state index contributed by atoms with van der Waals surface area (Å²) < 4.78 is 77.3. The second kappa shape index (κ2) is 12.9. The summed E-state index contributed by atoms with van der Waals surface area (Å²) in [6.07, 6.45) is -6.87. The quantitative estimate of drug-likeness (QED) is 0.185. The number of hydrogen-bond donors (Lipinski definition) is 2. The van der Waals surface area contributed by atoms with Crippen molar-refractivity contribution in [1.82, 2.24) is 10.0 Å². The molecule has 0 saturated carbocycles. The zero-order valence-electron chi connectivity index (χ0n) is 21.6. The lowest BCUT2D eigenvalue weighted by molar-refractivity contribution is -0.387. The minimum Gasteiger partial charge on any atom is -0.464 e. The second-order valence-electron chi connectivity index (χ2n) is 8.86. The molecule has 1 amide bonds. The van der Waals surface area contributed by atoms with Crippen LogP contribution in [0.4, 0.5) is 18.9 Å². The Morgan fingerprint density at radius 1 is 0.927 bits per heavy atom. The first-order chi connectivity index (χ1) is 19.3. The van der Waals surface area contributed by atoms with Gasteiger partial charge in [0, 0.05) is 12.5 Å². The molecule has 0 saturated heterocycles. The summed E-state index contributed by atoms with van der Waals surface area (Å²) in [7, 11) is -4.83. The maximum Gasteiger partial charge on any atom is 0.422 e. The summed E-state index contributed by atoms with van der Waals surface area (Å²) >= 11 is 0. The lowest BCUT2D eigenvalue weighted by Gasteiger charge is -2.35. The highest BCUT2D eigenvalue weighted by Gasteiger charge is 2.63. The molecule has 3 aromatic carbocycles. The predicted octanol–water partition coefficient (Wildman–Crippen LogP) is 3.71. The van der Waals surface area contributed by atoms with E-state index in [-0.39, 0.29) is 5.56 Å². The minimum atomic E-state index is -5.38. The molecule has 0 aromatic heterocycles. The van der Waals surface area contributed by atoms with Gasteiger partial charge in [0.25, 0.3) is 5.69 Å². The molecule has 3 rings (SSSR count). The van der Waals surface area contributed by atoms with E-state index in [1.54, 1.807) is 29.6 Å². The molecule has 0 heterocycles. The fourth-order valence-corrected chi connectivity index (χ4v) is 5.40. The first-order valence-corrected chi connectivity index (χ1v) is 13.7. The van der Waals surface area contributed by atoms with Crippen LogP contribution < -0.4 is 10.0 Å². The zero-order valence-corrected chi connectivity index (χ0v) is 22.4. The maximum atomic E-state index is 14.7. The van der Waals surface area contributed by atoms with Gasteiger partial charge in [-0.3, -0.25) is 14.9 Å². The van der Waals surface area contributed by atoms with Crippen LogP contribution in [-0.4, -0.2) is 49.6 Å². The molecule has 1 unspecified atom stereocenters. The first-order valence-electron chi connectivity index (χ1n) is 12.2. The van der Waals surface area contributed by atoms with Gasteiger partial charge < -0.3 is 10.1 Å². The molecular weight excluding hydrogens is 567 g/mol. The number of alkyl halides is 3. The highest BCUT2D eigenvalue weighted by Crippen LogP contribution is 2.35. The predicted molar refractivity (Wildman–Crippen MR) is 141 cm³/mol. The molecule has 0 bridgehead atoms. The molecule has 218 valence electrons. The molecule has 41 heavy (non-hydrogen) atoms. The lowest BCUT2D eigenvalue weighted by atomic mass is 9.89. The van der Waals surface area contributed by atoms with E-state index in [2.05, 4.69) is 0 Å². The number of benzene rings is 3. The van der Waals surface area contributed by atoms with Crippen LogP contribution in [0.3, 0.4) is 0 Å². The van der Waals surface area contributed by atoms with Crippen molar-refractivity contribution in [2.24, 2.45) is 0 Å². The van der Waals surface area contributed by atoms with Crippen molar-refractivity contribution >= 4 is 27.6 Å². The highest BCUT2D eigenvalue weighted by atomic mass is 32.2. The Balaban J connectivity index is 2.09. The average molecular weight is 594 g/mol. The van der Waals surface area contributed by atoms with E-state index >= 15 is 0 Å². The fraction of sp³-hybridized carbons (Fsp3) is 0.259. The number of carbonyl (C=O) groups excluding carboxylic acids is 2. The normalized spacial score (nSPS) is 14.0. The van der Waals surface area contributed by atoms with Gasteiger partial charge in [0.1, 0.15) is 6.04 Å². The highest BCUT2D eigenvalue weighted by molar-refractivity contribution is 7.89. The van der Waals surface area contributed by atoms with Crippen molar-refractivity contribution in [2.75, 3.05) is 6.61 Å². The van der Waals surface area contributed by atoms with Crippen LogP contribution in [0.5, 0.6) is 0 Å². The number of carbonyl (C=O) groups is 2. The van der Waals surface area contributed by atoms with Crippen molar-refractivity contribution in [2.45, 2.75) is 42.4 Å². The molecule has 0 aliphatic heterocycles. The smallest absolute Gasteiger partial charge is 0.422 e. The molecule has 0 fully saturated rings. The molecule has 0 radical (unpaired) electrons. The Morgan fingerprint density at radius 2 is 1.46 bits per heavy atom. The second-order valence-corrected chi connectivity index (χ2v) is 10.5. The number of hydrogen-bond acceptors (Lipinski definition) is 7. The molecule has 0 spiro atoms. The van der Waals surface area contributed by atoms with Gasteiger partial charge in [0.2, 0.25) is 21.5 Å². The molecule has 0 aliphatic rings. The molecule has 2 N–H and O–H groups in total. The van der Waals surface area contributed by atoms with Crippen LogP contribution in [0.25, 0.3) is 0 Å². The number of para-hydroxylation sites is 1. The van der Waals surface area contributed by atoms with E-state index in [1.165, 1.54) is 55.5 Å². The van der Waals surface area contributed by atoms with Crippen LogP contribution in [0.15, 0.2) is 89.8 Å². The summed E-state index contributed by atoms with van der Waals surface area (Å²) in [5.74, 6) is -3.29. The van der Waals surface area contributed by atoms with E-state index in [0.29, 0.717) is 5.56 Å². The Labute approximate surface area is 233 Å². The fourth-order valence-electron chi connectivity index (χ4n) is 4.03. The summed E-state index contributed by atoms with van der Waals surface area (Å²) in [5.41, 5.74) is -3.99. The van der Waals surface area contributed by atoms with Gasteiger partial charge in [0.05, 0.1) is 11.5 Å². The van der Waals surface area contributed by atoms with Crippen molar-refractivity contribution < 1.29 is 40.8 Å². The van der Waals surface area contributed by atoms with E-state index in [0.717, 1.165) is 12.1 Å². The average Bonchev–Trinajstić information content (AvgIpc) is 2.92. The standard InChI is InChI=1S/C27H26F3N3O7S/c1-2-40-25(35)26(27(28,29)30,18-20-13-7-4-8-14-20)31-24(34)21(17-19-11-5-3-6-12-19)32-41(38,39)23-16-10-9-15-22(23)33(36)37/h3-16,21,32H,2,17-18H2,1H3,(H,31,34)/t21-,26?/m0/s1. The monoisotopic (exact) mass is 593 g/mol. The van der Waals surface area contributed by atoms with E-state index in [4.69, 9.17) is 4.74 Å². The SMILES string of the molecule is CCOC(=O)C(Cc1ccccc1)(NC(=O)[C@H](Cc1ccccc1)NS(=O)(=O)c1ccccc1[N+](=O)[O-])C(F)(F)F. The number of esters is 1. The van der Waals surface area contributed by atoms with Gasteiger partial charge in [0.15, 0.2) is 4.90 Å². The van der Waals surface area contributed by atoms with Crippen molar-refractivity contribution in [3.05, 3.63) is 106 Å². The van der Waals surface area contributed by atoms with Gasteiger partial charge in [-0.2, -0.15) is 17.9 Å². The topological polar surface area (TPSA) is 145 Å². The lowest BCUT2D eigenvalue weighted by Crippen LogP contribution is -2.68. The summed E-state index contributed by atoms with van der Waals surface area (Å²) in [6.45, 7) is 0.863. The zero-order chi connectivity index (χ0) is 30.3. The number of rotatable bonds is 12. The Kier molecular flexibility index (Phi) is 9.83. The van der Waals surface area contributed by atoms with E-state index in [9.17, 15) is 41.3 Å². The van der Waals surface area contributed by atoms with Crippen LogP contribution >= 0.6 is 0 Å². The Hall–Kier alpha value is -4.30. The third-order valence-electron chi connectivity index (χ3n) is 6.00. The number of nitrogens with zero attached hydrogens (tertiary/aromatic N) is 1.